The normalized spacial score (nSPS) is 11.9. The summed E-state index contributed by atoms with van der Waals surface area (Å²) in [6, 6.07) is 2.58. The number of nitrogens with zero attached hydrogens (tertiary/aromatic N) is 1. The van der Waals surface area contributed by atoms with E-state index in [0.717, 1.165) is 18.2 Å². The van der Waals surface area contributed by atoms with Crippen LogP contribution in [0.3, 0.4) is 0 Å². The van der Waals surface area contributed by atoms with E-state index in [9.17, 15) is 22.0 Å². The smallest absolute Gasteiger partial charge is 0.370 e. The fourth-order valence-electron chi connectivity index (χ4n) is 1.07. The monoisotopic (exact) mass is 395 g/mol. The Hall–Kier alpha value is -1.13. The molecule has 1 aromatic rings. The first-order valence-corrected chi connectivity index (χ1v) is 4.87. The van der Waals surface area contributed by atoms with Gasteiger partial charge in [-0.2, -0.15) is 13.2 Å². The van der Waals surface area contributed by atoms with Crippen molar-refractivity contribution in [1.82, 2.24) is 0 Å². The van der Waals surface area contributed by atoms with Crippen LogP contribution < -0.4 is 11.1 Å². The predicted molar refractivity (Wildman–Crippen MR) is 72.6 cm³/mol. The Morgan fingerprint density at radius 3 is 2.47 bits per heavy atom. The number of nitrogens with two attached hydrogens (primary N) is 1. The SMILES string of the molecule is I.NC(=NCCC(F)(F)F)Nc1cc(F)ccc1F. The van der Waals surface area contributed by atoms with Gasteiger partial charge >= 0.3 is 6.18 Å². The summed E-state index contributed by atoms with van der Waals surface area (Å²) >= 11 is 0. The molecule has 0 atom stereocenters. The van der Waals surface area contributed by atoms with Gasteiger partial charge in [0.1, 0.15) is 11.6 Å². The van der Waals surface area contributed by atoms with Gasteiger partial charge in [0.15, 0.2) is 5.96 Å². The van der Waals surface area contributed by atoms with E-state index in [0.29, 0.717) is 0 Å². The van der Waals surface area contributed by atoms with Crippen LogP contribution in [0.2, 0.25) is 0 Å². The van der Waals surface area contributed by atoms with E-state index in [4.69, 9.17) is 5.73 Å². The molecule has 0 heterocycles. The van der Waals surface area contributed by atoms with Crippen LogP contribution in [-0.2, 0) is 0 Å². The van der Waals surface area contributed by atoms with Gasteiger partial charge in [0.25, 0.3) is 0 Å². The highest BCUT2D eigenvalue weighted by molar-refractivity contribution is 14.0. The second-order valence-electron chi connectivity index (χ2n) is 3.38. The number of halogens is 6. The van der Waals surface area contributed by atoms with Crippen LogP contribution in [0.1, 0.15) is 6.42 Å². The summed E-state index contributed by atoms with van der Waals surface area (Å²) in [6.07, 6.45) is -5.48. The predicted octanol–water partition coefficient (Wildman–Crippen LogP) is 3.26. The van der Waals surface area contributed by atoms with E-state index in [-0.39, 0.29) is 29.7 Å². The first-order chi connectivity index (χ1) is 8.28. The number of hydrogen-bond acceptors (Lipinski definition) is 1. The van der Waals surface area contributed by atoms with Gasteiger partial charge in [-0.15, -0.1) is 24.0 Å². The van der Waals surface area contributed by atoms with Gasteiger partial charge in [-0.1, -0.05) is 0 Å². The molecule has 0 unspecified atom stereocenters. The van der Waals surface area contributed by atoms with E-state index in [1.807, 2.05) is 0 Å². The Labute approximate surface area is 123 Å². The molecule has 0 aromatic heterocycles. The summed E-state index contributed by atoms with van der Waals surface area (Å²) in [5.41, 5.74) is 4.95. The van der Waals surface area contributed by atoms with Gasteiger partial charge in [0.05, 0.1) is 18.7 Å². The highest BCUT2D eigenvalue weighted by Gasteiger charge is 2.26. The van der Waals surface area contributed by atoms with Crippen LogP contribution in [0.5, 0.6) is 0 Å². The number of guanidine groups is 1. The maximum absolute atomic E-state index is 13.1. The Bertz CT molecular complexity index is 447. The Kier molecular flexibility index (Phi) is 7.01. The molecular weight excluding hydrogens is 384 g/mol. The summed E-state index contributed by atoms with van der Waals surface area (Å²) in [5, 5.41) is 2.18. The van der Waals surface area contributed by atoms with Crippen LogP contribution in [-0.4, -0.2) is 18.7 Å². The van der Waals surface area contributed by atoms with Crippen LogP contribution in [0.15, 0.2) is 23.2 Å². The Morgan fingerprint density at radius 2 is 1.89 bits per heavy atom. The molecule has 0 aliphatic heterocycles. The average Bonchev–Trinajstić information content (AvgIpc) is 2.21. The number of nitrogens with one attached hydrogen (secondary N) is 1. The number of aliphatic imine (C=N–C) groups is 1. The lowest BCUT2D eigenvalue weighted by Crippen LogP contribution is -2.24. The van der Waals surface area contributed by atoms with E-state index < -0.39 is 36.7 Å². The van der Waals surface area contributed by atoms with Gasteiger partial charge < -0.3 is 11.1 Å². The molecule has 9 heteroatoms. The Balaban J connectivity index is 0.00000324. The molecule has 0 saturated carbocycles. The van der Waals surface area contributed by atoms with Crippen molar-refractivity contribution in [3.05, 3.63) is 29.8 Å². The van der Waals surface area contributed by atoms with Crippen molar-refractivity contribution in [2.24, 2.45) is 10.7 Å². The van der Waals surface area contributed by atoms with Crippen molar-refractivity contribution in [3.63, 3.8) is 0 Å². The van der Waals surface area contributed by atoms with Gasteiger partial charge in [-0.3, -0.25) is 4.99 Å². The van der Waals surface area contributed by atoms with Gasteiger partial charge in [-0.05, 0) is 12.1 Å². The van der Waals surface area contributed by atoms with Gasteiger partial charge in [0.2, 0.25) is 0 Å². The maximum atomic E-state index is 13.1. The molecule has 0 fully saturated rings. The molecule has 0 radical (unpaired) electrons. The first kappa shape index (κ1) is 17.9. The zero-order valence-corrected chi connectivity index (χ0v) is 11.8. The number of benzene rings is 1. The molecule has 3 nitrogen and oxygen atoms in total. The van der Waals surface area contributed by atoms with Crippen molar-refractivity contribution < 1.29 is 22.0 Å². The lowest BCUT2D eigenvalue weighted by molar-refractivity contribution is -0.132. The van der Waals surface area contributed by atoms with E-state index in [1.54, 1.807) is 0 Å². The molecule has 0 aliphatic carbocycles. The number of hydrogen-bond donors (Lipinski definition) is 2. The summed E-state index contributed by atoms with van der Waals surface area (Å²) in [7, 11) is 0. The second kappa shape index (κ2) is 7.46. The summed E-state index contributed by atoms with van der Waals surface area (Å²) in [6.45, 7) is -0.584. The Morgan fingerprint density at radius 1 is 1.26 bits per heavy atom. The van der Waals surface area contributed by atoms with Crippen molar-refractivity contribution in [2.45, 2.75) is 12.6 Å². The second-order valence-corrected chi connectivity index (χ2v) is 3.38. The highest BCUT2D eigenvalue weighted by Crippen LogP contribution is 2.19. The third-order valence-electron chi connectivity index (χ3n) is 1.87. The van der Waals surface area contributed by atoms with Crippen LogP contribution in [0, 0.1) is 11.6 Å². The fraction of sp³-hybridized carbons (Fsp3) is 0.300. The van der Waals surface area contributed by atoms with Crippen molar-refractivity contribution >= 4 is 35.6 Å². The van der Waals surface area contributed by atoms with Crippen LogP contribution in [0.4, 0.5) is 27.6 Å². The van der Waals surface area contributed by atoms with Gasteiger partial charge in [-0.25, -0.2) is 8.78 Å². The van der Waals surface area contributed by atoms with E-state index in [2.05, 4.69) is 10.3 Å². The molecule has 0 aliphatic rings. The molecule has 0 spiro atoms. The quantitative estimate of drug-likeness (QED) is 0.357. The van der Waals surface area contributed by atoms with E-state index >= 15 is 0 Å². The first-order valence-electron chi connectivity index (χ1n) is 4.87. The number of alkyl halides is 3. The molecule has 0 bridgehead atoms. The summed E-state index contributed by atoms with van der Waals surface area (Å²) in [5.74, 6) is -1.91. The maximum Gasteiger partial charge on any atom is 0.390 e. The minimum atomic E-state index is -4.34. The van der Waals surface area contributed by atoms with Gasteiger partial charge in [0, 0.05) is 6.07 Å². The molecule has 1 rings (SSSR count). The lowest BCUT2D eigenvalue weighted by atomic mass is 10.3. The zero-order valence-electron chi connectivity index (χ0n) is 9.47. The number of anilines is 1. The third-order valence-corrected chi connectivity index (χ3v) is 1.87. The summed E-state index contributed by atoms with van der Waals surface area (Å²) in [4.78, 5) is 3.35. The highest BCUT2D eigenvalue weighted by atomic mass is 127. The van der Waals surface area contributed by atoms with Crippen LogP contribution >= 0.6 is 24.0 Å². The van der Waals surface area contributed by atoms with Crippen LogP contribution in [0.25, 0.3) is 0 Å². The topological polar surface area (TPSA) is 50.4 Å². The standard InChI is InChI=1S/C10H10F5N3.HI/c11-6-1-2-7(12)8(5-6)18-9(16)17-4-3-10(13,14)15;/h1-2,5H,3-4H2,(H3,16,17,18);1H. The molecular formula is C10H11F5IN3. The minimum absolute atomic E-state index is 0. The fourth-order valence-corrected chi connectivity index (χ4v) is 1.07. The molecule has 0 saturated heterocycles. The van der Waals surface area contributed by atoms with Crippen molar-refractivity contribution in [2.75, 3.05) is 11.9 Å². The van der Waals surface area contributed by atoms with E-state index in [1.165, 1.54) is 0 Å². The molecule has 3 N–H and O–H groups in total. The third kappa shape index (κ3) is 7.13. The lowest BCUT2D eigenvalue weighted by Gasteiger charge is -2.07. The largest absolute Gasteiger partial charge is 0.390 e. The average molecular weight is 395 g/mol. The minimum Gasteiger partial charge on any atom is -0.370 e. The molecule has 0 amide bonds. The molecule has 19 heavy (non-hydrogen) atoms. The van der Waals surface area contributed by atoms with Crippen molar-refractivity contribution in [3.8, 4) is 0 Å². The number of rotatable bonds is 3. The zero-order chi connectivity index (χ0) is 13.8. The molecule has 1 aromatic carbocycles. The summed E-state index contributed by atoms with van der Waals surface area (Å²) < 4.78 is 61.3. The van der Waals surface area contributed by atoms with Crippen molar-refractivity contribution in [1.29, 1.82) is 0 Å². The molecule has 108 valence electrons.